The van der Waals surface area contributed by atoms with Gasteiger partial charge >= 0.3 is 12.0 Å². The largest absolute Gasteiger partial charge is 0.481 e. The zero-order chi connectivity index (χ0) is 13.1. The van der Waals surface area contributed by atoms with Crippen molar-refractivity contribution in [2.75, 3.05) is 31.1 Å². The molecule has 0 fully saturated rings. The van der Waals surface area contributed by atoms with Crippen LogP contribution in [0.3, 0.4) is 0 Å². The van der Waals surface area contributed by atoms with Crippen molar-refractivity contribution in [1.82, 2.24) is 10.2 Å². The molecule has 17 heavy (non-hydrogen) atoms. The second-order valence-electron chi connectivity index (χ2n) is 3.21. The standard InChI is InChI=1S/C11H18N2O3S/c1-3-8-17-9-6-12-11(16)13(4-2)7-5-10(14)15/h1H,4-9H2,2H3,(H,12,16)(H,14,15). The number of nitrogens with one attached hydrogen (secondary N) is 1. The lowest BCUT2D eigenvalue weighted by molar-refractivity contribution is -0.137. The van der Waals surface area contributed by atoms with Crippen molar-refractivity contribution in [2.24, 2.45) is 0 Å². The minimum atomic E-state index is -0.902. The molecule has 0 spiro atoms. The van der Waals surface area contributed by atoms with E-state index < -0.39 is 5.97 Å². The van der Waals surface area contributed by atoms with Crippen LogP contribution in [0, 0.1) is 12.3 Å². The lowest BCUT2D eigenvalue weighted by Crippen LogP contribution is -2.41. The summed E-state index contributed by atoms with van der Waals surface area (Å²) >= 11 is 1.57. The summed E-state index contributed by atoms with van der Waals surface area (Å²) in [7, 11) is 0. The van der Waals surface area contributed by atoms with E-state index in [1.165, 1.54) is 4.90 Å². The van der Waals surface area contributed by atoms with Gasteiger partial charge in [0.25, 0.3) is 0 Å². The first-order valence-electron chi connectivity index (χ1n) is 5.37. The third kappa shape index (κ3) is 8.46. The van der Waals surface area contributed by atoms with Gasteiger partial charge in [0.15, 0.2) is 0 Å². The van der Waals surface area contributed by atoms with Crippen molar-refractivity contribution >= 4 is 23.8 Å². The van der Waals surface area contributed by atoms with Crippen LogP contribution in [-0.4, -0.2) is 53.1 Å². The molecule has 0 aliphatic carbocycles. The summed E-state index contributed by atoms with van der Waals surface area (Å²) in [5.41, 5.74) is 0. The lowest BCUT2D eigenvalue weighted by atomic mass is 10.4. The maximum absolute atomic E-state index is 11.6. The number of urea groups is 1. The zero-order valence-electron chi connectivity index (χ0n) is 9.94. The summed E-state index contributed by atoms with van der Waals surface area (Å²) in [6, 6.07) is -0.227. The molecule has 0 aromatic rings. The third-order valence-electron chi connectivity index (χ3n) is 1.97. The summed E-state index contributed by atoms with van der Waals surface area (Å²) in [4.78, 5) is 23.5. The highest BCUT2D eigenvalue weighted by Crippen LogP contribution is 1.97. The first-order chi connectivity index (χ1) is 8.11. The number of amides is 2. The molecule has 0 saturated heterocycles. The van der Waals surface area contributed by atoms with Crippen LogP contribution in [0.25, 0.3) is 0 Å². The zero-order valence-corrected chi connectivity index (χ0v) is 10.8. The van der Waals surface area contributed by atoms with Crippen LogP contribution in [-0.2, 0) is 4.79 Å². The number of terminal acetylenes is 1. The van der Waals surface area contributed by atoms with E-state index in [1.807, 2.05) is 6.92 Å². The van der Waals surface area contributed by atoms with Crippen molar-refractivity contribution in [2.45, 2.75) is 13.3 Å². The molecule has 0 aromatic heterocycles. The first kappa shape index (κ1) is 15.7. The minimum Gasteiger partial charge on any atom is -0.481 e. The van der Waals surface area contributed by atoms with Crippen molar-refractivity contribution in [3.63, 3.8) is 0 Å². The fourth-order valence-electron chi connectivity index (χ4n) is 1.11. The highest BCUT2D eigenvalue weighted by Gasteiger charge is 2.11. The maximum atomic E-state index is 11.6. The second kappa shape index (κ2) is 9.85. The molecule has 0 heterocycles. The van der Waals surface area contributed by atoms with E-state index in [9.17, 15) is 9.59 Å². The lowest BCUT2D eigenvalue weighted by Gasteiger charge is -2.20. The van der Waals surface area contributed by atoms with Gasteiger partial charge in [0.2, 0.25) is 0 Å². The van der Waals surface area contributed by atoms with Crippen LogP contribution in [0.4, 0.5) is 4.79 Å². The number of thioether (sulfide) groups is 1. The molecule has 0 bridgehead atoms. The number of aliphatic carboxylic acids is 1. The molecule has 0 unspecified atom stereocenters. The molecule has 6 heteroatoms. The Balaban J connectivity index is 3.76. The van der Waals surface area contributed by atoms with E-state index in [2.05, 4.69) is 11.2 Å². The number of hydrogen-bond acceptors (Lipinski definition) is 3. The number of carbonyl (C=O) groups is 2. The molecular formula is C11H18N2O3S. The highest BCUT2D eigenvalue weighted by atomic mass is 32.2. The molecule has 0 aromatic carbocycles. The Morgan fingerprint density at radius 2 is 2.24 bits per heavy atom. The van der Waals surface area contributed by atoms with Gasteiger partial charge in [-0.05, 0) is 6.92 Å². The summed E-state index contributed by atoms with van der Waals surface area (Å²) in [5.74, 6) is 2.98. The Labute approximate surface area is 106 Å². The number of carbonyl (C=O) groups excluding carboxylic acids is 1. The van der Waals surface area contributed by atoms with E-state index in [0.717, 1.165) is 5.75 Å². The summed E-state index contributed by atoms with van der Waals surface area (Å²) < 4.78 is 0. The SMILES string of the molecule is C#CCSCCNC(=O)N(CC)CCC(=O)O. The summed E-state index contributed by atoms with van der Waals surface area (Å²) in [6.45, 7) is 3.08. The quantitative estimate of drug-likeness (QED) is 0.500. The van der Waals surface area contributed by atoms with Gasteiger partial charge in [-0.15, -0.1) is 18.2 Å². The van der Waals surface area contributed by atoms with Crippen molar-refractivity contribution in [3.05, 3.63) is 0 Å². The van der Waals surface area contributed by atoms with E-state index >= 15 is 0 Å². The second-order valence-corrected chi connectivity index (χ2v) is 4.32. The molecular weight excluding hydrogens is 240 g/mol. The van der Waals surface area contributed by atoms with Crippen LogP contribution < -0.4 is 5.32 Å². The van der Waals surface area contributed by atoms with E-state index in [4.69, 9.17) is 11.5 Å². The molecule has 0 aliphatic heterocycles. The summed E-state index contributed by atoms with van der Waals surface area (Å²) in [6.07, 6.45) is 5.05. The van der Waals surface area contributed by atoms with Crippen LogP contribution >= 0.6 is 11.8 Å². The van der Waals surface area contributed by atoms with Gasteiger partial charge in [-0.3, -0.25) is 4.79 Å². The Morgan fingerprint density at radius 1 is 1.53 bits per heavy atom. The van der Waals surface area contributed by atoms with Crippen molar-refractivity contribution in [1.29, 1.82) is 0 Å². The van der Waals surface area contributed by atoms with E-state index in [1.54, 1.807) is 11.8 Å². The maximum Gasteiger partial charge on any atom is 0.317 e. The predicted octanol–water partition coefficient (Wildman–Crippen LogP) is 0.859. The molecule has 0 atom stereocenters. The fourth-order valence-corrected chi connectivity index (χ4v) is 1.62. The molecule has 0 aliphatic rings. The Kier molecular flexibility index (Phi) is 9.06. The molecule has 0 rings (SSSR count). The average molecular weight is 258 g/mol. The normalized spacial score (nSPS) is 9.41. The third-order valence-corrected chi connectivity index (χ3v) is 2.84. The number of rotatable bonds is 8. The predicted molar refractivity (Wildman–Crippen MR) is 69.1 cm³/mol. The highest BCUT2D eigenvalue weighted by molar-refractivity contribution is 7.99. The van der Waals surface area contributed by atoms with Gasteiger partial charge in [-0.2, -0.15) is 0 Å². The molecule has 5 nitrogen and oxygen atoms in total. The Bertz CT molecular complexity index is 289. The van der Waals surface area contributed by atoms with Crippen LogP contribution in [0.15, 0.2) is 0 Å². The average Bonchev–Trinajstić information content (AvgIpc) is 2.29. The molecule has 0 radical (unpaired) electrons. The monoisotopic (exact) mass is 258 g/mol. The smallest absolute Gasteiger partial charge is 0.317 e. The first-order valence-corrected chi connectivity index (χ1v) is 6.53. The molecule has 0 saturated carbocycles. The van der Waals surface area contributed by atoms with Crippen LogP contribution in [0.5, 0.6) is 0 Å². The van der Waals surface area contributed by atoms with Gasteiger partial charge in [0, 0.05) is 25.4 Å². The number of carboxylic acids is 1. The Hall–Kier alpha value is -1.35. The fraction of sp³-hybridized carbons (Fsp3) is 0.636. The van der Waals surface area contributed by atoms with E-state index in [0.29, 0.717) is 18.8 Å². The number of nitrogens with zero attached hydrogens (tertiary/aromatic N) is 1. The molecule has 2 amide bonds. The van der Waals surface area contributed by atoms with Gasteiger partial charge in [0.05, 0.1) is 12.2 Å². The van der Waals surface area contributed by atoms with E-state index in [-0.39, 0.29) is 19.0 Å². The minimum absolute atomic E-state index is 0.0346. The van der Waals surface area contributed by atoms with Gasteiger partial charge < -0.3 is 15.3 Å². The van der Waals surface area contributed by atoms with Gasteiger partial charge in [0.1, 0.15) is 0 Å². The van der Waals surface area contributed by atoms with Gasteiger partial charge in [-0.1, -0.05) is 5.92 Å². The number of hydrogen-bond donors (Lipinski definition) is 2. The molecule has 2 N–H and O–H groups in total. The van der Waals surface area contributed by atoms with Crippen LogP contribution in [0.1, 0.15) is 13.3 Å². The van der Waals surface area contributed by atoms with Crippen LogP contribution in [0.2, 0.25) is 0 Å². The number of carboxylic acid groups (broad SMARTS) is 1. The summed E-state index contributed by atoms with van der Waals surface area (Å²) in [5, 5.41) is 11.3. The Morgan fingerprint density at radius 3 is 2.76 bits per heavy atom. The topological polar surface area (TPSA) is 69.6 Å². The van der Waals surface area contributed by atoms with Gasteiger partial charge in [-0.25, -0.2) is 4.79 Å². The van der Waals surface area contributed by atoms with Crippen molar-refractivity contribution in [3.8, 4) is 12.3 Å². The van der Waals surface area contributed by atoms with Crippen molar-refractivity contribution < 1.29 is 14.7 Å². The molecule has 96 valence electrons.